The smallest absolute Gasteiger partial charge is 0.261 e. The molecule has 0 radical (unpaired) electrons. The summed E-state index contributed by atoms with van der Waals surface area (Å²) in [5, 5.41) is 0. The molecule has 0 spiro atoms. The molecule has 1 aromatic rings. The molecule has 1 rings (SSSR count). The number of hydrogen-bond donors (Lipinski definition) is 0. The van der Waals surface area contributed by atoms with Crippen LogP contribution in [0.15, 0.2) is 12.1 Å². The molecule has 0 aliphatic carbocycles. The van der Waals surface area contributed by atoms with Crippen molar-refractivity contribution < 1.29 is 23.0 Å². The van der Waals surface area contributed by atoms with Crippen LogP contribution in [0.5, 0.6) is 5.75 Å². The Labute approximate surface area is 111 Å². The van der Waals surface area contributed by atoms with Gasteiger partial charge in [-0.25, -0.2) is 8.78 Å². The molecule has 0 amide bonds. The summed E-state index contributed by atoms with van der Waals surface area (Å²) in [6.45, 7) is 3.04. The molecule has 0 saturated heterocycles. The Balaban J connectivity index is 2.64. The van der Waals surface area contributed by atoms with E-state index in [-0.39, 0.29) is 18.8 Å². The molecule has 1 aromatic carbocycles. The summed E-state index contributed by atoms with van der Waals surface area (Å²) in [5.41, 5.74) is 2.25. The highest BCUT2D eigenvalue weighted by Gasteiger charge is 2.12. The standard InChI is InChI=1S/C14H18F2O3/c1-9-7-13(18-3)10(2)6-11(9)12(17)4-5-19-8-14(15)16/h6-7,14H,4-5,8H2,1-3H3. The molecule has 0 unspecified atom stereocenters. The summed E-state index contributed by atoms with van der Waals surface area (Å²) in [5.74, 6) is 0.612. The third kappa shape index (κ3) is 4.59. The van der Waals surface area contributed by atoms with Crippen molar-refractivity contribution in [3.05, 3.63) is 28.8 Å². The van der Waals surface area contributed by atoms with Gasteiger partial charge in [-0.15, -0.1) is 0 Å². The second kappa shape index (κ2) is 7.19. The van der Waals surface area contributed by atoms with E-state index in [0.29, 0.717) is 5.56 Å². The van der Waals surface area contributed by atoms with Crippen molar-refractivity contribution in [3.63, 3.8) is 0 Å². The lowest BCUT2D eigenvalue weighted by Crippen LogP contribution is -2.10. The molecule has 0 heterocycles. The summed E-state index contributed by atoms with van der Waals surface area (Å²) in [4.78, 5) is 12.0. The second-order valence-corrected chi connectivity index (χ2v) is 4.28. The van der Waals surface area contributed by atoms with Crippen LogP contribution in [-0.4, -0.2) is 32.5 Å². The summed E-state index contributed by atoms with van der Waals surface area (Å²) in [6.07, 6.45) is -2.40. The van der Waals surface area contributed by atoms with E-state index in [0.717, 1.165) is 16.9 Å². The molecule has 3 nitrogen and oxygen atoms in total. The molecule has 0 atom stereocenters. The Morgan fingerprint density at radius 2 is 1.95 bits per heavy atom. The molecule has 0 bridgehead atoms. The van der Waals surface area contributed by atoms with Crippen molar-refractivity contribution in [2.75, 3.05) is 20.3 Å². The molecule has 5 heteroatoms. The van der Waals surface area contributed by atoms with E-state index in [1.807, 2.05) is 13.8 Å². The van der Waals surface area contributed by atoms with Gasteiger partial charge in [0.25, 0.3) is 6.43 Å². The Morgan fingerprint density at radius 3 is 2.53 bits per heavy atom. The molecule has 0 aliphatic heterocycles. The first-order valence-electron chi connectivity index (χ1n) is 6.00. The van der Waals surface area contributed by atoms with E-state index in [1.165, 1.54) is 0 Å². The van der Waals surface area contributed by atoms with Crippen molar-refractivity contribution in [2.24, 2.45) is 0 Å². The minimum atomic E-state index is -2.50. The first-order valence-corrected chi connectivity index (χ1v) is 6.00. The van der Waals surface area contributed by atoms with Crippen LogP contribution in [-0.2, 0) is 4.74 Å². The predicted octanol–water partition coefficient (Wildman–Crippen LogP) is 3.17. The van der Waals surface area contributed by atoms with Crippen LogP contribution in [0.3, 0.4) is 0 Å². The number of ketones is 1. The van der Waals surface area contributed by atoms with Gasteiger partial charge in [0.2, 0.25) is 0 Å². The summed E-state index contributed by atoms with van der Waals surface area (Å²) < 4.78 is 33.6. The number of carbonyl (C=O) groups excluding carboxylic acids is 1. The van der Waals surface area contributed by atoms with E-state index in [2.05, 4.69) is 0 Å². The van der Waals surface area contributed by atoms with Gasteiger partial charge < -0.3 is 9.47 Å². The Kier molecular flexibility index (Phi) is 5.89. The van der Waals surface area contributed by atoms with Gasteiger partial charge in [-0.2, -0.15) is 0 Å². The predicted molar refractivity (Wildman–Crippen MR) is 68.2 cm³/mol. The van der Waals surface area contributed by atoms with E-state index < -0.39 is 13.0 Å². The fraction of sp³-hybridized carbons (Fsp3) is 0.500. The van der Waals surface area contributed by atoms with Crippen LogP contribution in [0.1, 0.15) is 27.9 Å². The van der Waals surface area contributed by atoms with E-state index in [9.17, 15) is 13.6 Å². The Bertz CT molecular complexity index is 445. The average molecular weight is 272 g/mol. The number of halogens is 2. The van der Waals surface area contributed by atoms with Crippen LogP contribution in [0.2, 0.25) is 0 Å². The zero-order chi connectivity index (χ0) is 14.4. The molecular weight excluding hydrogens is 254 g/mol. The lowest BCUT2D eigenvalue weighted by molar-refractivity contribution is 0.0169. The summed E-state index contributed by atoms with van der Waals surface area (Å²) >= 11 is 0. The average Bonchev–Trinajstić information content (AvgIpc) is 2.36. The number of benzene rings is 1. The zero-order valence-corrected chi connectivity index (χ0v) is 11.3. The van der Waals surface area contributed by atoms with E-state index in [1.54, 1.807) is 19.2 Å². The van der Waals surface area contributed by atoms with Crippen molar-refractivity contribution in [2.45, 2.75) is 26.7 Å². The van der Waals surface area contributed by atoms with Crippen molar-refractivity contribution in [3.8, 4) is 5.75 Å². The molecule has 0 aromatic heterocycles. The van der Waals surface area contributed by atoms with E-state index >= 15 is 0 Å². The third-order valence-electron chi connectivity index (χ3n) is 2.76. The molecule has 19 heavy (non-hydrogen) atoms. The quantitative estimate of drug-likeness (QED) is 0.565. The topological polar surface area (TPSA) is 35.5 Å². The van der Waals surface area contributed by atoms with Gasteiger partial charge in [0.05, 0.1) is 13.7 Å². The molecule has 106 valence electrons. The second-order valence-electron chi connectivity index (χ2n) is 4.28. The number of aryl methyl sites for hydroxylation is 2. The lowest BCUT2D eigenvalue weighted by Gasteiger charge is -2.10. The SMILES string of the molecule is COc1cc(C)c(C(=O)CCOCC(F)F)cc1C. The van der Waals surface area contributed by atoms with Gasteiger partial charge in [0, 0.05) is 12.0 Å². The van der Waals surface area contributed by atoms with Gasteiger partial charge in [0.15, 0.2) is 5.78 Å². The van der Waals surface area contributed by atoms with Gasteiger partial charge in [-0.1, -0.05) is 0 Å². The largest absolute Gasteiger partial charge is 0.496 e. The molecule has 0 saturated carbocycles. The minimum Gasteiger partial charge on any atom is -0.496 e. The number of hydrogen-bond acceptors (Lipinski definition) is 3. The van der Waals surface area contributed by atoms with Gasteiger partial charge in [-0.3, -0.25) is 4.79 Å². The Hall–Kier alpha value is -1.49. The number of carbonyl (C=O) groups is 1. The van der Waals surface area contributed by atoms with Crippen LogP contribution in [0, 0.1) is 13.8 Å². The maximum Gasteiger partial charge on any atom is 0.261 e. The number of Topliss-reactive ketones (excluding diaryl/α,β-unsaturated/α-hetero) is 1. The normalized spacial score (nSPS) is 10.8. The minimum absolute atomic E-state index is 0.00763. The first-order chi connectivity index (χ1) is 8.95. The van der Waals surface area contributed by atoms with Crippen LogP contribution in [0.25, 0.3) is 0 Å². The number of alkyl halides is 2. The highest BCUT2D eigenvalue weighted by molar-refractivity contribution is 5.97. The highest BCUT2D eigenvalue weighted by Crippen LogP contribution is 2.23. The van der Waals surface area contributed by atoms with E-state index in [4.69, 9.17) is 9.47 Å². The first kappa shape index (κ1) is 15.6. The van der Waals surface area contributed by atoms with Crippen LogP contribution >= 0.6 is 0 Å². The monoisotopic (exact) mass is 272 g/mol. The van der Waals surface area contributed by atoms with Crippen LogP contribution in [0.4, 0.5) is 8.78 Å². The third-order valence-corrected chi connectivity index (χ3v) is 2.76. The van der Waals surface area contributed by atoms with Gasteiger partial charge in [-0.05, 0) is 37.1 Å². The summed E-state index contributed by atoms with van der Waals surface area (Å²) in [7, 11) is 1.57. The maximum absolute atomic E-state index is 12.0. The van der Waals surface area contributed by atoms with Gasteiger partial charge in [0.1, 0.15) is 12.4 Å². The highest BCUT2D eigenvalue weighted by atomic mass is 19.3. The Morgan fingerprint density at radius 1 is 1.26 bits per heavy atom. The number of methoxy groups -OCH3 is 1. The molecular formula is C14H18F2O3. The molecule has 0 fully saturated rings. The fourth-order valence-corrected chi connectivity index (χ4v) is 1.78. The number of ether oxygens (including phenoxy) is 2. The summed E-state index contributed by atoms with van der Waals surface area (Å²) in [6, 6.07) is 3.55. The van der Waals surface area contributed by atoms with Crippen molar-refractivity contribution in [1.29, 1.82) is 0 Å². The molecule has 0 N–H and O–H groups in total. The molecule has 0 aliphatic rings. The van der Waals surface area contributed by atoms with Crippen molar-refractivity contribution in [1.82, 2.24) is 0 Å². The van der Waals surface area contributed by atoms with Crippen molar-refractivity contribution >= 4 is 5.78 Å². The zero-order valence-electron chi connectivity index (χ0n) is 11.3. The lowest BCUT2D eigenvalue weighted by atomic mass is 9.99. The fourth-order valence-electron chi connectivity index (χ4n) is 1.78. The van der Waals surface area contributed by atoms with Gasteiger partial charge >= 0.3 is 0 Å². The number of rotatable bonds is 7. The maximum atomic E-state index is 12.0. The van der Waals surface area contributed by atoms with Crippen LogP contribution < -0.4 is 4.74 Å².